The summed E-state index contributed by atoms with van der Waals surface area (Å²) < 4.78 is 7.23. The van der Waals surface area contributed by atoms with E-state index >= 15 is 0 Å². The van der Waals surface area contributed by atoms with Crippen molar-refractivity contribution in [3.63, 3.8) is 0 Å². The van der Waals surface area contributed by atoms with Gasteiger partial charge in [0.15, 0.2) is 11.6 Å². The van der Waals surface area contributed by atoms with E-state index in [4.69, 9.17) is 15.0 Å². The second kappa shape index (κ2) is 12.6. The van der Waals surface area contributed by atoms with Crippen LogP contribution in [-0.4, -0.2) is 24.1 Å². The minimum atomic E-state index is 0.587. The van der Waals surface area contributed by atoms with Crippen LogP contribution >= 0.6 is 11.3 Å². The van der Waals surface area contributed by atoms with Crippen LogP contribution in [0.4, 0.5) is 0 Å². The molecule has 6 heteroatoms. The van der Waals surface area contributed by atoms with Gasteiger partial charge in [-0.15, -0.1) is 11.3 Å². The van der Waals surface area contributed by atoms with Crippen molar-refractivity contribution < 1.29 is 0 Å². The van der Waals surface area contributed by atoms with Crippen LogP contribution in [0.2, 0.25) is 0 Å². The molecule has 0 N–H and O–H groups in total. The quantitative estimate of drug-likeness (QED) is 0.176. The van der Waals surface area contributed by atoms with Gasteiger partial charge in [0.1, 0.15) is 0 Å². The molecule has 0 amide bonds. The normalized spacial score (nSPS) is 11.9. The number of benzene rings is 8. The van der Waals surface area contributed by atoms with Crippen molar-refractivity contribution in [1.29, 1.82) is 0 Å². The van der Waals surface area contributed by atoms with Gasteiger partial charge in [-0.2, -0.15) is 9.97 Å². The van der Waals surface area contributed by atoms with E-state index in [-0.39, 0.29) is 0 Å². The van der Waals surface area contributed by atoms with Gasteiger partial charge in [0.05, 0.1) is 22.1 Å². The zero-order chi connectivity index (χ0) is 37.5. The first kappa shape index (κ1) is 31.9. The van der Waals surface area contributed by atoms with E-state index in [1.807, 2.05) is 72.0 Å². The Balaban J connectivity index is 1.08. The lowest BCUT2D eigenvalue weighted by Crippen LogP contribution is -2.06. The van der Waals surface area contributed by atoms with Gasteiger partial charge in [0.2, 0.25) is 5.95 Å². The maximum Gasteiger partial charge on any atom is 0.238 e. The number of fused-ring (bicyclic) bond motifs is 10. The third-order valence-electron chi connectivity index (χ3n) is 11.2. The Labute approximate surface area is 331 Å². The highest BCUT2D eigenvalue weighted by atomic mass is 32.1. The number of para-hydroxylation sites is 2. The fraction of sp³-hybridized carbons (Fsp3) is 0. The van der Waals surface area contributed by atoms with Crippen LogP contribution in [0.1, 0.15) is 0 Å². The molecule has 12 aromatic rings. The van der Waals surface area contributed by atoms with Crippen LogP contribution in [-0.2, 0) is 0 Å². The Morgan fingerprint density at radius 2 is 0.895 bits per heavy atom. The summed E-state index contributed by atoms with van der Waals surface area (Å²) in [5.74, 6) is 1.86. The highest BCUT2D eigenvalue weighted by Crippen LogP contribution is 2.44. The van der Waals surface area contributed by atoms with Crippen LogP contribution in [0, 0.1) is 0 Å². The topological polar surface area (TPSA) is 48.5 Å². The van der Waals surface area contributed by atoms with E-state index in [2.05, 4.69) is 137 Å². The van der Waals surface area contributed by atoms with Crippen molar-refractivity contribution >= 4 is 75.1 Å². The maximum absolute atomic E-state index is 5.12. The van der Waals surface area contributed by atoms with Crippen molar-refractivity contribution in [2.24, 2.45) is 0 Å². The van der Waals surface area contributed by atoms with E-state index in [0.717, 1.165) is 44.2 Å². The van der Waals surface area contributed by atoms with E-state index in [9.17, 15) is 0 Å². The molecule has 57 heavy (non-hydrogen) atoms. The summed E-state index contributed by atoms with van der Waals surface area (Å²) in [6.45, 7) is 0. The molecule has 4 aromatic heterocycles. The summed E-state index contributed by atoms with van der Waals surface area (Å²) >= 11 is 1.89. The second-order valence-electron chi connectivity index (χ2n) is 14.4. The van der Waals surface area contributed by atoms with Crippen molar-refractivity contribution in [3.05, 3.63) is 188 Å². The van der Waals surface area contributed by atoms with Crippen LogP contribution in [0.25, 0.3) is 109 Å². The Hall–Kier alpha value is -7.41. The molecule has 5 nitrogen and oxygen atoms in total. The Morgan fingerprint density at radius 3 is 1.60 bits per heavy atom. The van der Waals surface area contributed by atoms with Gasteiger partial charge in [-0.1, -0.05) is 133 Å². The van der Waals surface area contributed by atoms with Crippen molar-refractivity contribution in [1.82, 2.24) is 24.1 Å². The summed E-state index contributed by atoms with van der Waals surface area (Å²) in [7, 11) is 0. The van der Waals surface area contributed by atoms with Crippen LogP contribution in [0.5, 0.6) is 0 Å². The maximum atomic E-state index is 5.12. The third kappa shape index (κ3) is 4.98. The molecule has 0 bridgehead atoms. The molecule has 0 saturated carbocycles. The molecule has 0 atom stereocenters. The average Bonchev–Trinajstić information content (AvgIpc) is 3.94. The summed E-state index contributed by atoms with van der Waals surface area (Å²) in [6, 6.07) is 66.7. The first-order chi connectivity index (χ1) is 28.3. The van der Waals surface area contributed by atoms with E-state index in [0.29, 0.717) is 17.6 Å². The van der Waals surface area contributed by atoms with Crippen molar-refractivity contribution in [2.45, 2.75) is 0 Å². The molecule has 0 aliphatic carbocycles. The summed E-state index contributed by atoms with van der Waals surface area (Å²) in [5, 5.41) is 7.45. The van der Waals surface area contributed by atoms with Gasteiger partial charge in [-0.25, -0.2) is 4.98 Å². The fourth-order valence-corrected chi connectivity index (χ4v) is 9.85. The fourth-order valence-electron chi connectivity index (χ4n) is 8.59. The molecule has 266 valence electrons. The van der Waals surface area contributed by atoms with Gasteiger partial charge in [-0.05, 0) is 65.7 Å². The van der Waals surface area contributed by atoms with E-state index < -0.39 is 0 Å². The molecule has 0 spiro atoms. The third-order valence-corrected chi connectivity index (χ3v) is 12.4. The highest BCUT2D eigenvalue weighted by Gasteiger charge is 2.21. The molecular weight excluding hydrogens is 715 g/mol. The van der Waals surface area contributed by atoms with Crippen molar-refractivity contribution in [2.75, 3.05) is 0 Å². The standard InChI is InChI=1S/C51H31N5S/c1-4-14-32(15-5-1)49-52-50(33-16-6-2-7-17-33)54-51(53-49)56-42-22-12-10-20-37(42)40-30-34(24-27-43(40)56)35-25-28-44-41(31-35)47-45(55(44)36-18-8-3-9-19-36)29-26-39-38-21-11-13-23-46(38)57-48(39)47/h1-31H. The van der Waals surface area contributed by atoms with Gasteiger partial charge < -0.3 is 4.57 Å². The molecule has 8 aromatic carbocycles. The number of aromatic nitrogens is 5. The summed E-state index contributed by atoms with van der Waals surface area (Å²) in [4.78, 5) is 15.2. The summed E-state index contributed by atoms with van der Waals surface area (Å²) in [6.07, 6.45) is 0. The molecule has 0 aliphatic heterocycles. The lowest BCUT2D eigenvalue weighted by Gasteiger charge is -2.11. The lowest BCUT2D eigenvalue weighted by atomic mass is 10.00. The SMILES string of the molecule is c1ccc(-c2nc(-c3ccccc3)nc(-n3c4ccccc4c4cc(-c5ccc6c(c5)c5c7sc8ccccc8c7ccc5n6-c5ccccc5)ccc43)n2)cc1. The van der Waals surface area contributed by atoms with Crippen LogP contribution in [0.15, 0.2) is 188 Å². The van der Waals surface area contributed by atoms with Crippen LogP contribution < -0.4 is 0 Å². The Kier molecular flexibility index (Phi) is 7.03. The number of thiophene rings is 1. The predicted molar refractivity (Wildman–Crippen MR) is 238 cm³/mol. The number of nitrogens with zero attached hydrogens (tertiary/aromatic N) is 5. The minimum Gasteiger partial charge on any atom is -0.309 e. The molecule has 0 aliphatic rings. The monoisotopic (exact) mass is 745 g/mol. The molecule has 0 fully saturated rings. The number of hydrogen-bond donors (Lipinski definition) is 0. The predicted octanol–water partition coefficient (Wildman–Crippen LogP) is 13.4. The zero-order valence-corrected chi connectivity index (χ0v) is 31.4. The molecule has 0 unspecified atom stereocenters. The molecule has 0 saturated heterocycles. The van der Waals surface area contributed by atoms with Gasteiger partial charge in [0, 0.05) is 58.5 Å². The number of rotatable bonds is 5. The molecular formula is C51H31N5S. The molecule has 4 heterocycles. The lowest BCUT2D eigenvalue weighted by molar-refractivity contribution is 0.953. The Morgan fingerprint density at radius 1 is 0.351 bits per heavy atom. The minimum absolute atomic E-state index is 0.587. The van der Waals surface area contributed by atoms with Crippen molar-refractivity contribution in [3.8, 4) is 45.5 Å². The van der Waals surface area contributed by atoms with E-state index in [1.54, 1.807) is 0 Å². The number of hydrogen-bond acceptors (Lipinski definition) is 4. The first-order valence-corrected chi connectivity index (χ1v) is 19.9. The molecule has 0 radical (unpaired) electrons. The van der Waals surface area contributed by atoms with Gasteiger partial charge >= 0.3 is 0 Å². The van der Waals surface area contributed by atoms with Gasteiger partial charge in [0.25, 0.3) is 0 Å². The Bertz CT molecular complexity index is 3450. The largest absolute Gasteiger partial charge is 0.309 e. The van der Waals surface area contributed by atoms with Gasteiger partial charge in [-0.3, -0.25) is 4.57 Å². The smallest absolute Gasteiger partial charge is 0.238 e. The molecule has 12 rings (SSSR count). The average molecular weight is 746 g/mol. The highest BCUT2D eigenvalue weighted by molar-refractivity contribution is 7.26. The van der Waals surface area contributed by atoms with E-state index in [1.165, 1.54) is 47.5 Å². The first-order valence-electron chi connectivity index (χ1n) is 19.1. The summed E-state index contributed by atoms with van der Waals surface area (Å²) in [5.41, 5.74) is 9.86. The van der Waals surface area contributed by atoms with Crippen LogP contribution in [0.3, 0.4) is 0 Å². The zero-order valence-electron chi connectivity index (χ0n) is 30.5. The second-order valence-corrected chi connectivity index (χ2v) is 15.5.